The number of ether oxygens (including phenoxy) is 1. The fourth-order valence-corrected chi connectivity index (χ4v) is 2.02. The van der Waals surface area contributed by atoms with Gasteiger partial charge in [-0.3, -0.25) is 4.99 Å². The molecule has 4 nitrogen and oxygen atoms in total. The van der Waals surface area contributed by atoms with E-state index in [4.69, 9.17) is 16.3 Å². The molecule has 0 amide bonds. The Morgan fingerprint density at radius 2 is 2.15 bits per heavy atom. The Morgan fingerprint density at radius 1 is 1.40 bits per heavy atom. The number of thioether (sulfide) groups is 1. The molecule has 0 saturated carbocycles. The number of para-hydroxylation sites is 1. The van der Waals surface area contributed by atoms with Crippen molar-refractivity contribution in [3.63, 3.8) is 0 Å². The molecule has 20 heavy (non-hydrogen) atoms. The van der Waals surface area contributed by atoms with Crippen LogP contribution in [0.4, 0.5) is 0 Å². The van der Waals surface area contributed by atoms with Crippen molar-refractivity contribution in [2.24, 2.45) is 4.99 Å². The van der Waals surface area contributed by atoms with Gasteiger partial charge in [0.15, 0.2) is 5.96 Å². The molecule has 0 spiro atoms. The molecule has 0 aliphatic heterocycles. The Hall–Kier alpha value is -1.07. The molecule has 0 heterocycles. The van der Waals surface area contributed by atoms with Crippen LogP contribution in [-0.4, -0.2) is 44.2 Å². The van der Waals surface area contributed by atoms with Crippen LogP contribution in [-0.2, 0) is 0 Å². The summed E-state index contributed by atoms with van der Waals surface area (Å²) in [5.41, 5.74) is 0. The summed E-state index contributed by atoms with van der Waals surface area (Å²) in [6.45, 7) is 3.54. The molecule has 1 aromatic rings. The summed E-state index contributed by atoms with van der Waals surface area (Å²) in [6.07, 6.45) is 2.08. The average Bonchev–Trinajstić information content (AvgIpc) is 2.45. The minimum absolute atomic E-state index is 0.00556. The molecular formula is C14H22ClN3OS. The number of nitrogens with one attached hydrogen (secondary N) is 2. The maximum atomic E-state index is 6.06. The van der Waals surface area contributed by atoms with Gasteiger partial charge in [0, 0.05) is 19.3 Å². The molecule has 1 aromatic carbocycles. The smallest absolute Gasteiger partial charge is 0.191 e. The molecule has 0 aliphatic carbocycles. The molecule has 1 unspecified atom stereocenters. The first-order chi connectivity index (χ1) is 9.67. The Morgan fingerprint density at radius 3 is 2.80 bits per heavy atom. The van der Waals surface area contributed by atoms with Gasteiger partial charge in [-0.1, -0.05) is 23.7 Å². The molecule has 0 bridgehead atoms. The lowest BCUT2D eigenvalue weighted by molar-refractivity contribution is 0.224. The van der Waals surface area contributed by atoms with Crippen LogP contribution >= 0.6 is 23.4 Å². The molecule has 0 aliphatic rings. The van der Waals surface area contributed by atoms with E-state index in [0.29, 0.717) is 17.3 Å². The van der Waals surface area contributed by atoms with Gasteiger partial charge in [0.25, 0.3) is 0 Å². The molecule has 1 atom stereocenters. The Labute approximate surface area is 130 Å². The van der Waals surface area contributed by atoms with E-state index in [-0.39, 0.29) is 6.10 Å². The maximum absolute atomic E-state index is 6.06. The van der Waals surface area contributed by atoms with E-state index in [2.05, 4.69) is 21.9 Å². The number of halogens is 1. The maximum Gasteiger partial charge on any atom is 0.191 e. The van der Waals surface area contributed by atoms with E-state index in [1.807, 2.05) is 31.2 Å². The number of hydrogen-bond donors (Lipinski definition) is 2. The highest BCUT2D eigenvalue weighted by Gasteiger charge is 2.07. The molecule has 1 rings (SSSR count). The third-order valence-corrected chi connectivity index (χ3v) is 3.47. The first-order valence-corrected chi connectivity index (χ1v) is 8.29. The van der Waals surface area contributed by atoms with Crippen LogP contribution in [0, 0.1) is 0 Å². The molecular weight excluding hydrogens is 294 g/mol. The van der Waals surface area contributed by atoms with Crippen molar-refractivity contribution in [3.05, 3.63) is 29.3 Å². The van der Waals surface area contributed by atoms with E-state index in [0.717, 1.165) is 18.3 Å². The lowest BCUT2D eigenvalue weighted by Gasteiger charge is -2.18. The van der Waals surface area contributed by atoms with Crippen LogP contribution in [0.3, 0.4) is 0 Å². The number of aliphatic imine (C=N–C) groups is 1. The monoisotopic (exact) mass is 315 g/mol. The minimum Gasteiger partial charge on any atom is -0.487 e. The van der Waals surface area contributed by atoms with Crippen molar-refractivity contribution in [1.29, 1.82) is 0 Å². The summed E-state index contributed by atoms with van der Waals surface area (Å²) >= 11 is 7.86. The predicted molar refractivity (Wildman–Crippen MR) is 89.3 cm³/mol. The van der Waals surface area contributed by atoms with Gasteiger partial charge in [-0.15, -0.1) is 0 Å². The lowest BCUT2D eigenvalue weighted by atomic mass is 10.3. The highest BCUT2D eigenvalue weighted by molar-refractivity contribution is 7.98. The number of benzene rings is 1. The number of nitrogens with zero attached hydrogens (tertiary/aromatic N) is 1. The highest BCUT2D eigenvalue weighted by atomic mass is 35.5. The summed E-state index contributed by atoms with van der Waals surface area (Å²) in [7, 11) is 1.76. The topological polar surface area (TPSA) is 45.7 Å². The number of guanidine groups is 1. The molecule has 0 aromatic heterocycles. The van der Waals surface area contributed by atoms with Gasteiger partial charge in [-0.05, 0) is 25.3 Å². The van der Waals surface area contributed by atoms with Crippen molar-refractivity contribution in [2.45, 2.75) is 13.0 Å². The van der Waals surface area contributed by atoms with Crippen LogP contribution < -0.4 is 15.4 Å². The Bertz CT molecular complexity index is 429. The lowest BCUT2D eigenvalue weighted by Crippen LogP contribution is -2.42. The summed E-state index contributed by atoms with van der Waals surface area (Å²) in [5, 5.41) is 7.09. The summed E-state index contributed by atoms with van der Waals surface area (Å²) in [6, 6.07) is 7.48. The van der Waals surface area contributed by atoms with Gasteiger partial charge in [-0.2, -0.15) is 11.8 Å². The van der Waals surface area contributed by atoms with Gasteiger partial charge in [0.2, 0.25) is 0 Å². The molecule has 6 heteroatoms. The van der Waals surface area contributed by atoms with E-state index >= 15 is 0 Å². The second-order valence-corrected chi connectivity index (χ2v) is 5.62. The van der Waals surface area contributed by atoms with Crippen molar-refractivity contribution >= 4 is 29.3 Å². The highest BCUT2D eigenvalue weighted by Crippen LogP contribution is 2.23. The second-order valence-electron chi connectivity index (χ2n) is 4.23. The van der Waals surface area contributed by atoms with Crippen LogP contribution in [0.25, 0.3) is 0 Å². The van der Waals surface area contributed by atoms with E-state index in [9.17, 15) is 0 Å². The summed E-state index contributed by atoms with van der Waals surface area (Å²) in [5.74, 6) is 2.54. The predicted octanol–water partition coefficient (Wildman–Crippen LogP) is 2.64. The van der Waals surface area contributed by atoms with Gasteiger partial charge in [-0.25, -0.2) is 0 Å². The molecule has 0 radical (unpaired) electrons. The quantitative estimate of drug-likeness (QED) is 0.461. The molecule has 0 fully saturated rings. The zero-order valence-electron chi connectivity index (χ0n) is 12.1. The van der Waals surface area contributed by atoms with Crippen LogP contribution in [0.1, 0.15) is 6.92 Å². The Kier molecular flexibility index (Phi) is 8.30. The standard InChI is InChI=1S/C14H22ClN3OS/c1-11(19-13-7-5-4-6-12(13)15)10-18-14(16-2)17-8-9-20-3/h4-7,11H,8-10H2,1-3H3,(H2,16,17,18). The van der Waals surface area contributed by atoms with Gasteiger partial charge < -0.3 is 15.4 Å². The van der Waals surface area contributed by atoms with Crippen molar-refractivity contribution in [2.75, 3.05) is 32.1 Å². The normalized spacial score (nSPS) is 12.9. The van der Waals surface area contributed by atoms with E-state index in [1.54, 1.807) is 18.8 Å². The van der Waals surface area contributed by atoms with Crippen LogP contribution in [0.2, 0.25) is 5.02 Å². The molecule has 112 valence electrons. The van der Waals surface area contributed by atoms with Crippen molar-refractivity contribution in [1.82, 2.24) is 10.6 Å². The van der Waals surface area contributed by atoms with Crippen LogP contribution in [0.5, 0.6) is 5.75 Å². The fraction of sp³-hybridized carbons (Fsp3) is 0.500. The Balaban J connectivity index is 2.35. The minimum atomic E-state index is -0.00556. The third-order valence-electron chi connectivity index (χ3n) is 2.54. The second kappa shape index (κ2) is 9.77. The van der Waals surface area contributed by atoms with Gasteiger partial charge in [0.05, 0.1) is 11.6 Å². The zero-order chi connectivity index (χ0) is 14.8. The SMILES string of the molecule is CN=C(NCCSC)NCC(C)Oc1ccccc1Cl. The van der Waals surface area contributed by atoms with Crippen LogP contribution in [0.15, 0.2) is 29.3 Å². The molecule has 2 N–H and O–H groups in total. The van der Waals surface area contributed by atoms with E-state index < -0.39 is 0 Å². The largest absolute Gasteiger partial charge is 0.487 e. The summed E-state index contributed by atoms with van der Waals surface area (Å²) in [4.78, 5) is 4.16. The third kappa shape index (κ3) is 6.39. The molecule has 0 saturated heterocycles. The summed E-state index contributed by atoms with van der Waals surface area (Å²) < 4.78 is 5.78. The number of rotatable bonds is 7. The van der Waals surface area contributed by atoms with Crippen molar-refractivity contribution < 1.29 is 4.74 Å². The van der Waals surface area contributed by atoms with Gasteiger partial charge in [0.1, 0.15) is 11.9 Å². The first-order valence-electron chi connectivity index (χ1n) is 6.52. The number of hydrogen-bond acceptors (Lipinski definition) is 3. The van der Waals surface area contributed by atoms with E-state index in [1.165, 1.54) is 0 Å². The first kappa shape index (κ1) is 17.0. The zero-order valence-corrected chi connectivity index (χ0v) is 13.7. The average molecular weight is 316 g/mol. The van der Waals surface area contributed by atoms with Crippen molar-refractivity contribution in [3.8, 4) is 5.75 Å². The van der Waals surface area contributed by atoms with Gasteiger partial charge >= 0.3 is 0 Å². The fourth-order valence-electron chi connectivity index (χ4n) is 1.53.